The van der Waals surface area contributed by atoms with Gasteiger partial charge in [-0.2, -0.15) is 10.2 Å². The van der Waals surface area contributed by atoms with Crippen molar-refractivity contribution >= 4 is 5.52 Å². The maximum Gasteiger partial charge on any atom is 0.293 e. The van der Waals surface area contributed by atoms with Crippen molar-refractivity contribution in [2.45, 2.75) is 38.3 Å². The largest absolute Gasteiger partial charge is 0.486 e. The monoisotopic (exact) mass is 338 g/mol. The molecule has 1 aliphatic heterocycles. The van der Waals surface area contributed by atoms with Crippen LogP contribution in [0.25, 0.3) is 5.52 Å². The number of hydrogen-bond donors (Lipinski definition) is 0. The maximum absolute atomic E-state index is 12.9. The number of aryl methyl sites for hydroxylation is 2. The van der Waals surface area contributed by atoms with Gasteiger partial charge in [0.1, 0.15) is 18.5 Å². The molecule has 1 aliphatic carbocycles. The van der Waals surface area contributed by atoms with E-state index in [1.807, 2.05) is 24.3 Å². The van der Waals surface area contributed by atoms with E-state index in [1.165, 1.54) is 4.68 Å². The SMILES string of the molecule is O=c1c2c3c(nn2cnn1CC1COc2ccccc2O1)CCCC3. The molecule has 7 heteroatoms. The second-order valence-corrected chi connectivity index (χ2v) is 6.54. The van der Waals surface area contributed by atoms with E-state index in [-0.39, 0.29) is 11.7 Å². The van der Waals surface area contributed by atoms with Crippen molar-refractivity contribution in [1.29, 1.82) is 0 Å². The molecular formula is C18H18N4O3. The molecule has 0 spiro atoms. The van der Waals surface area contributed by atoms with Crippen molar-refractivity contribution in [3.8, 4) is 11.5 Å². The molecule has 2 aromatic heterocycles. The summed E-state index contributed by atoms with van der Waals surface area (Å²) >= 11 is 0. The third-order valence-electron chi connectivity index (χ3n) is 4.86. The number of fused-ring (bicyclic) bond motifs is 4. The lowest BCUT2D eigenvalue weighted by Crippen LogP contribution is -2.38. The van der Waals surface area contributed by atoms with Gasteiger partial charge in [0, 0.05) is 5.56 Å². The highest BCUT2D eigenvalue weighted by Crippen LogP contribution is 2.31. The number of para-hydroxylation sites is 2. The normalized spacial score (nSPS) is 19.0. The second-order valence-electron chi connectivity index (χ2n) is 6.54. The molecule has 1 aromatic carbocycles. The van der Waals surface area contributed by atoms with Crippen LogP contribution in [0.5, 0.6) is 11.5 Å². The van der Waals surface area contributed by atoms with Crippen LogP contribution in [0.3, 0.4) is 0 Å². The molecule has 0 N–H and O–H groups in total. The van der Waals surface area contributed by atoms with Gasteiger partial charge >= 0.3 is 0 Å². The summed E-state index contributed by atoms with van der Waals surface area (Å²) in [5.74, 6) is 1.44. The van der Waals surface area contributed by atoms with Crippen LogP contribution in [0.2, 0.25) is 0 Å². The first-order valence-corrected chi connectivity index (χ1v) is 8.64. The number of benzene rings is 1. The summed E-state index contributed by atoms with van der Waals surface area (Å²) in [4.78, 5) is 12.9. The smallest absolute Gasteiger partial charge is 0.293 e. The van der Waals surface area contributed by atoms with Gasteiger partial charge in [0.25, 0.3) is 5.56 Å². The number of nitrogens with zero attached hydrogens (tertiary/aromatic N) is 4. The van der Waals surface area contributed by atoms with Gasteiger partial charge in [-0.15, -0.1) is 0 Å². The first-order valence-electron chi connectivity index (χ1n) is 8.64. The van der Waals surface area contributed by atoms with Gasteiger partial charge < -0.3 is 9.47 Å². The Balaban J connectivity index is 1.48. The number of ether oxygens (including phenoxy) is 2. The Morgan fingerprint density at radius 1 is 1.16 bits per heavy atom. The molecule has 0 fully saturated rings. The van der Waals surface area contributed by atoms with Crippen molar-refractivity contribution in [1.82, 2.24) is 19.4 Å². The Labute approximate surface area is 143 Å². The highest BCUT2D eigenvalue weighted by atomic mass is 16.6. The van der Waals surface area contributed by atoms with E-state index >= 15 is 0 Å². The molecule has 0 saturated carbocycles. The van der Waals surface area contributed by atoms with Gasteiger partial charge in [-0.05, 0) is 37.8 Å². The van der Waals surface area contributed by atoms with Gasteiger partial charge in [0.15, 0.2) is 17.6 Å². The van der Waals surface area contributed by atoms with Crippen molar-refractivity contribution in [2.75, 3.05) is 6.61 Å². The molecule has 0 radical (unpaired) electrons. The molecule has 0 amide bonds. The average Bonchev–Trinajstić information content (AvgIpc) is 3.03. The Hall–Kier alpha value is -2.83. The van der Waals surface area contributed by atoms with Crippen LogP contribution >= 0.6 is 0 Å². The second kappa shape index (κ2) is 5.61. The van der Waals surface area contributed by atoms with Crippen molar-refractivity contribution < 1.29 is 9.47 Å². The fourth-order valence-corrected chi connectivity index (χ4v) is 3.65. The molecule has 7 nitrogen and oxygen atoms in total. The summed E-state index contributed by atoms with van der Waals surface area (Å²) in [6, 6.07) is 7.56. The van der Waals surface area contributed by atoms with E-state index in [4.69, 9.17) is 9.47 Å². The van der Waals surface area contributed by atoms with Gasteiger partial charge in [0.05, 0.1) is 12.2 Å². The predicted octanol–water partition coefficient (Wildman–Crippen LogP) is 1.61. The molecule has 2 aliphatic rings. The fraction of sp³-hybridized carbons (Fsp3) is 0.389. The average molecular weight is 338 g/mol. The van der Waals surface area contributed by atoms with Gasteiger partial charge in [-0.25, -0.2) is 9.20 Å². The molecule has 3 heterocycles. The van der Waals surface area contributed by atoms with E-state index in [1.54, 1.807) is 10.8 Å². The molecule has 3 aromatic rings. The van der Waals surface area contributed by atoms with E-state index in [9.17, 15) is 4.79 Å². The lowest BCUT2D eigenvalue weighted by molar-refractivity contribution is 0.0747. The van der Waals surface area contributed by atoms with E-state index in [0.29, 0.717) is 24.4 Å². The molecule has 5 rings (SSSR count). The Kier molecular flexibility index (Phi) is 3.26. The maximum atomic E-state index is 12.9. The standard InChI is InChI=1S/C18H18N4O3/c23-18-17-13-5-1-2-6-14(13)20-22(17)11-19-21(18)9-12-10-24-15-7-3-4-8-16(15)25-12/h3-4,7-8,11-12H,1-2,5-6,9-10H2. The Morgan fingerprint density at radius 3 is 2.92 bits per heavy atom. The highest BCUT2D eigenvalue weighted by molar-refractivity contribution is 5.55. The fourth-order valence-electron chi connectivity index (χ4n) is 3.65. The summed E-state index contributed by atoms with van der Waals surface area (Å²) in [6.45, 7) is 0.747. The molecule has 0 saturated heterocycles. The zero-order valence-electron chi connectivity index (χ0n) is 13.7. The van der Waals surface area contributed by atoms with Crippen LogP contribution in [0.4, 0.5) is 0 Å². The summed E-state index contributed by atoms with van der Waals surface area (Å²) in [5.41, 5.74) is 2.66. The van der Waals surface area contributed by atoms with E-state index in [0.717, 1.165) is 42.7 Å². The summed E-state index contributed by atoms with van der Waals surface area (Å²) in [5, 5.41) is 8.79. The summed E-state index contributed by atoms with van der Waals surface area (Å²) in [6.07, 6.45) is 5.45. The van der Waals surface area contributed by atoms with Gasteiger partial charge in [-0.3, -0.25) is 4.79 Å². The Bertz CT molecular complexity index is 1010. The van der Waals surface area contributed by atoms with Crippen LogP contribution in [-0.2, 0) is 19.4 Å². The zero-order chi connectivity index (χ0) is 16.8. The van der Waals surface area contributed by atoms with Crippen LogP contribution in [0.15, 0.2) is 35.4 Å². The highest BCUT2D eigenvalue weighted by Gasteiger charge is 2.24. The topological polar surface area (TPSA) is 70.7 Å². The minimum absolute atomic E-state index is 0.111. The lowest BCUT2D eigenvalue weighted by atomic mass is 9.97. The summed E-state index contributed by atoms with van der Waals surface area (Å²) in [7, 11) is 0. The van der Waals surface area contributed by atoms with E-state index < -0.39 is 0 Å². The van der Waals surface area contributed by atoms with Crippen molar-refractivity contribution in [3.05, 3.63) is 52.2 Å². The van der Waals surface area contributed by atoms with Crippen LogP contribution in [-0.4, -0.2) is 32.1 Å². The lowest BCUT2D eigenvalue weighted by Gasteiger charge is -2.26. The minimum atomic E-state index is -0.249. The van der Waals surface area contributed by atoms with Crippen LogP contribution in [0, 0.1) is 0 Å². The molecule has 1 unspecified atom stereocenters. The molecular weight excluding hydrogens is 320 g/mol. The molecule has 0 bridgehead atoms. The molecule has 25 heavy (non-hydrogen) atoms. The molecule has 1 atom stereocenters. The Morgan fingerprint density at radius 2 is 2.00 bits per heavy atom. The number of hydrogen-bond acceptors (Lipinski definition) is 5. The summed E-state index contributed by atoms with van der Waals surface area (Å²) < 4.78 is 14.8. The number of aromatic nitrogens is 4. The number of rotatable bonds is 2. The first-order chi connectivity index (χ1) is 12.3. The third kappa shape index (κ3) is 2.38. The predicted molar refractivity (Wildman–Crippen MR) is 90.2 cm³/mol. The van der Waals surface area contributed by atoms with Crippen LogP contribution in [0.1, 0.15) is 24.1 Å². The van der Waals surface area contributed by atoms with Gasteiger partial charge in [-0.1, -0.05) is 12.1 Å². The van der Waals surface area contributed by atoms with E-state index in [2.05, 4.69) is 10.2 Å². The van der Waals surface area contributed by atoms with Crippen molar-refractivity contribution in [2.24, 2.45) is 0 Å². The third-order valence-corrected chi connectivity index (χ3v) is 4.86. The quantitative estimate of drug-likeness (QED) is 0.710. The van der Waals surface area contributed by atoms with Gasteiger partial charge in [0.2, 0.25) is 0 Å². The van der Waals surface area contributed by atoms with Crippen LogP contribution < -0.4 is 15.0 Å². The van der Waals surface area contributed by atoms with Crippen molar-refractivity contribution in [3.63, 3.8) is 0 Å². The zero-order valence-corrected chi connectivity index (χ0v) is 13.7. The first kappa shape index (κ1) is 14.5. The molecule has 128 valence electrons. The minimum Gasteiger partial charge on any atom is -0.486 e.